The Bertz CT molecular complexity index is 485. The van der Waals surface area contributed by atoms with Crippen molar-refractivity contribution in [1.82, 2.24) is 5.32 Å². The van der Waals surface area contributed by atoms with Gasteiger partial charge in [-0.05, 0) is 46.5 Å². The number of carbonyl (C=O) groups excluding carboxylic acids is 1. The maximum absolute atomic E-state index is 11.6. The van der Waals surface area contributed by atoms with Crippen molar-refractivity contribution >= 4 is 22.4 Å². The number of hydrogen-bond donors (Lipinski definition) is 3. The first-order valence-electron chi connectivity index (χ1n) is 7.08. The van der Waals surface area contributed by atoms with Gasteiger partial charge in [0.1, 0.15) is 5.60 Å². The molecule has 1 saturated carbocycles. The van der Waals surface area contributed by atoms with Crippen molar-refractivity contribution in [3.8, 4) is 0 Å². The summed E-state index contributed by atoms with van der Waals surface area (Å²) in [7, 11) is -3.40. The molecule has 3 N–H and O–H groups in total. The molecule has 0 unspecified atom stereocenters. The zero-order chi connectivity index (χ0) is 18.3. The van der Waals surface area contributed by atoms with Crippen molar-refractivity contribution in [2.75, 3.05) is 6.26 Å². The first-order chi connectivity index (χ1) is 10.3. The number of carbonyl (C=O) groups is 2. The Labute approximate surface area is 136 Å². The van der Waals surface area contributed by atoms with E-state index in [-0.39, 0.29) is 12.1 Å². The molecule has 0 atom stereocenters. The van der Waals surface area contributed by atoms with E-state index < -0.39 is 28.0 Å². The fraction of sp³-hybridized carbons (Fsp3) is 0.846. The Balaban J connectivity index is 0.00000108. The minimum Gasteiger partial charge on any atom is -0.450 e. The predicted octanol–water partition coefficient (Wildman–Crippen LogP) is 2.02. The summed E-state index contributed by atoms with van der Waals surface area (Å²) >= 11 is 0. The average molecular weight is 355 g/mol. The predicted molar refractivity (Wildman–Crippen MR) is 82.0 cm³/mol. The molecule has 9 nitrogen and oxygen atoms in total. The maximum atomic E-state index is 11.6. The van der Waals surface area contributed by atoms with Crippen LogP contribution < -0.4 is 5.32 Å². The molecule has 1 aliphatic rings. The van der Waals surface area contributed by atoms with Crippen molar-refractivity contribution in [2.45, 2.75) is 64.2 Å². The lowest BCUT2D eigenvalue weighted by Gasteiger charge is -2.29. The lowest BCUT2D eigenvalue weighted by molar-refractivity contribution is 0.0472. The zero-order valence-corrected chi connectivity index (χ0v) is 14.6. The van der Waals surface area contributed by atoms with Gasteiger partial charge in [-0.15, -0.1) is 0 Å². The first-order valence-corrected chi connectivity index (χ1v) is 8.90. The van der Waals surface area contributed by atoms with Gasteiger partial charge in [0, 0.05) is 6.04 Å². The van der Waals surface area contributed by atoms with Crippen molar-refractivity contribution in [3.63, 3.8) is 0 Å². The molecule has 0 radical (unpaired) electrons. The van der Waals surface area contributed by atoms with Gasteiger partial charge in [-0.3, -0.25) is 4.18 Å². The summed E-state index contributed by atoms with van der Waals surface area (Å²) in [5.41, 5.74) is -0.513. The number of alkyl carbamates (subject to hydrolysis) is 1. The van der Waals surface area contributed by atoms with Gasteiger partial charge in [-0.1, -0.05) is 0 Å². The van der Waals surface area contributed by atoms with Crippen LogP contribution in [0.25, 0.3) is 0 Å². The highest BCUT2D eigenvalue weighted by Gasteiger charge is 2.26. The van der Waals surface area contributed by atoms with Crippen LogP contribution in [-0.4, -0.2) is 54.9 Å². The Hall–Kier alpha value is -1.55. The Morgan fingerprint density at radius 3 is 1.87 bits per heavy atom. The third-order valence-electron chi connectivity index (χ3n) is 2.71. The molecule has 0 aliphatic heterocycles. The monoisotopic (exact) mass is 355 g/mol. The number of carboxylic acid groups (broad SMARTS) is 2. The fourth-order valence-electron chi connectivity index (χ4n) is 2.02. The second kappa shape index (κ2) is 8.92. The molecule has 0 bridgehead atoms. The van der Waals surface area contributed by atoms with Crippen LogP contribution in [0.2, 0.25) is 0 Å². The Morgan fingerprint density at radius 1 is 1.09 bits per heavy atom. The van der Waals surface area contributed by atoms with Gasteiger partial charge in [0.2, 0.25) is 0 Å². The lowest BCUT2D eigenvalue weighted by Crippen LogP contribution is -2.42. The quantitative estimate of drug-likeness (QED) is 0.653. The molecule has 23 heavy (non-hydrogen) atoms. The summed E-state index contributed by atoms with van der Waals surface area (Å²) in [5.74, 6) is 0. The number of ether oxygens (including phenoxy) is 1. The van der Waals surface area contributed by atoms with Gasteiger partial charge in [0.05, 0.1) is 12.4 Å². The van der Waals surface area contributed by atoms with Crippen LogP contribution in [-0.2, 0) is 19.0 Å². The Kier molecular flexibility index (Phi) is 8.32. The summed E-state index contributed by atoms with van der Waals surface area (Å²) in [4.78, 5) is 20.1. The van der Waals surface area contributed by atoms with Crippen molar-refractivity contribution < 1.29 is 37.1 Å². The largest absolute Gasteiger partial charge is 0.503 e. The standard InChI is InChI=1S/C12H23NO5S.CH2O3/c1-12(2,3)17-11(14)13-9-5-7-10(8-6-9)18-19(4,15)16;2-1(3)4/h9-10H,5-8H2,1-4H3,(H,13,14);(H2,2,3,4). The third-order valence-corrected chi connectivity index (χ3v) is 3.33. The molecule has 0 aromatic carbocycles. The SMILES string of the molecule is CC(C)(C)OC(=O)NC1CCC(OS(C)(=O)=O)CC1.O=C(O)O. The van der Waals surface area contributed by atoms with Crippen LogP contribution in [0.15, 0.2) is 0 Å². The van der Waals surface area contributed by atoms with Crippen molar-refractivity contribution in [2.24, 2.45) is 0 Å². The van der Waals surface area contributed by atoms with Crippen LogP contribution in [0.1, 0.15) is 46.5 Å². The molecule has 1 amide bonds. The van der Waals surface area contributed by atoms with E-state index in [1.54, 1.807) is 0 Å². The number of hydrogen-bond acceptors (Lipinski definition) is 6. The molecule has 136 valence electrons. The highest BCUT2D eigenvalue weighted by Crippen LogP contribution is 2.22. The third kappa shape index (κ3) is 13.8. The van der Waals surface area contributed by atoms with E-state index in [2.05, 4.69) is 5.32 Å². The smallest absolute Gasteiger partial charge is 0.450 e. The van der Waals surface area contributed by atoms with E-state index in [1.807, 2.05) is 20.8 Å². The number of rotatable bonds is 3. The minimum absolute atomic E-state index is 0.0225. The summed E-state index contributed by atoms with van der Waals surface area (Å²) in [6.45, 7) is 5.43. The molecule has 0 aromatic rings. The second-order valence-corrected chi connectivity index (χ2v) is 7.80. The molecule has 0 heterocycles. The van der Waals surface area contributed by atoms with E-state index >= 15 is 0 Å². The first kappa shape index (κ1) is 21.4. The molecule has 1 rings (SSSR count). The van der Waals surface area contributed by atoms with E-state index in [0.717, 1.165) is 6.26 Å². The van der Waals surface area contributed by atoms with Gasteiger partial charge in [-0.25, -0.2) is 9.59 Å². The molecule has 0 aromatic heterocycles. The van der Waals surface area contributed by atoms with E-state index in [1.165, 1.54) is 0 Å². The van der Waals surface area contributed by atoms with Gasteiger partial charge in [-0.2, -0.15) is 8.42 Å². The number of amides is 1. The Morgan fingerprint density at radius 2 is 1.52 bits per heavy atom. The second-order valence-electron chi connectivity index (χ2n) is 6.20. The highest BCUT2D eigenvalue weighted by molar-refractivity contribution is 7.86. The van der Waals surface area contributed by atoms with Crippen molar-refractivity contribution in [3.05, 3.63) is 0 Å². The highest BCUT2D eigenvalue weighted by atomic mass is 32.2. The van der Waals surface area contributed by atoms with E-state index in [9.17, 15) is 13.2 Å². The lowest BCUT2D eigenvalue weighted by atomic mass is 9.93. The van der Waals surface area contributed by atoms with Gasteiger partial charge < -0.3 is 20.3 Å². The van der Waals surface area contributed by atoms with E-state index in [4.69, 9.17) is 23.9 Å². The molecule has 0 saturated heterocycles. The normalized spacial score (nSPS) is 21.6. The van der Waals surface area contributed by atoms with Crippen LogP contribution in [0.5, 0.6) is 0 Å². The molecular weight excluding hydrogens is 330 g/mol. The minimum atomic E-state index is -3.40. The summed E-state index contributed by atoms with van der Waals surface area (Å²) < 4.78 is 32.1. The summed E-state index contributed by atoms with van der Waals surface area (Å²) in [6, 6.07) is 0.0225. The maximum Gasteiger partial charge on any atom is 0.503 e. The van der Waals surface area contributed by atoms with Crippen LogP contribution in [0, 0.1) is 0 Å². The zero-order valence-electron chi connectivity index (χ0n) is 13.7. The average Bonchev–Trinajstić information content (AvgIpc) is 2.26. The molecular formula is C13H25NO8S. The van der Waals surface area contributed by atoms with Gasteiger partial charge in [0.15, 0.2) is 0 Å². The summed E-state index contributed by atoms with van der Waals surface area (Å²) in [5, 5.41) is 16.7. The number of nitrogens with one attached hydrogen (secondary N) is 1. The molecule has 1 aliphatic carbocycles. The fourth-order valence-corrected chi connectivity index (χ4v) is 2.71. The van der Waals surface area contributed by atoms with E-state index in [0.29, 0.717) is 25.7 Å². The molecule has 1 fully saturated rings. The summed E-state index contributed by atoms with van der Waals surface area (Å²) in [6.07, 6.45) is 1.14. The van der Waals surface area contributed by atoms with Crippen LogP contribution in [0.4, 0.5) is 9.59 Å². The molecule has 10 heteroatoms. The van der Waals surface area contributed by atoms with Crippen LogP contribution in [0.3, 0.4) is 0 Å². The topological polar surface area (TPSA) is 139 Å². The van der Waals surface area contributed by atoms with Crippen molar-refractivity contribution in [1.29, 1.82) is 0 Å². The van der Waals surface area contributed by atoms with Gasteiger partial charge in [0.25, 0.3) is 10.1 Å². The molecule has 0 spiro atoms. The van der Waals surface area contributed by atoms with Gasteiger partial charge >= 0.3 is 12.2 Å². The van der Waals surface area contributed by atoms with Crippen LogP contribution >= 0.6 is 0 Å².